The van der Waals surface area contributed by atoms with Crippen LogP contribution < -0.4 is 4.57 Å². The lowest BCUT2D eigenvalue weighted by molar-refractivity contribution is -0.665. The number of rotatable bonds is 2. The number of fused-ring (bicyclic) bond motifs is 1. The highest BCUT2D eigenvalue weighted by molar-refractivity contribution is 5.94. The van der Waals surface area contributed by atoms with Crippen molar-refractivity contribution in [3.05, 3.63) is 59.5 Å². The lowest BCUT2D eigenvalue weighted by atomic mass is 9.87. The molecule has 0 aliphatic carbocycles. The fourth-order valence-corrected chi connectivity index (χ4v) is 3.29. The number of benzene rings is 1. The third-order valence-corrected chi connectivity index (χ3v) is 4.52. The quantitative estimate of drug-likeness (QED) is 0.612. The van der Waals surface area contributed by atoms with Gasteiger partial charge >= 0.3 is 0 Å². The molecule has 1 aromatic carbocycles. The van der Waals surface area contributed by atoms with Gasteiger partial charge in [-0.1, -0.05) is 32.9 Å². The summed E-state index contributed by atoms with van der Waals surface area (Å²) in [7, 11) is 2.04. The molecule has 24 heavy (non-hydrogen) atoms. The van der Waals surface area contributed by atoms with Crippen molar-refractivity contribution in [2.24, 2.45) is 12.5 Å². The van der Waals surface area contributed by atoms with Crippen molar-refractivity contribution in [1.29, 1.82) is 0 Å². The first-order valence-electron chi connectivity index (χ1n) is 9.02. The van der Waals surface area contributed by atoms with Crippen molar-refractivity contribution in [2.45, 2.75) is 41.0 Å². The Kier molecular flexibility index (Phi) is 3.84. The molecule has 0 fully saturated rings. The molecule has 0 atom stereocenters. The maximum atomic E-state index is 8.63. The van der Waals surface area contributed by atoms with E-state index in [4.69, 9.17) is 1.37 Å². The summed E-state index contributed by atoms with van der Waals surface area (Å²) in [5, 5.41) is 2.14. The van der Waals surface area contributed by atoms with Crippen molar-refractivity contribution in [2.75, 3.05) is 0 Å². The second kappa shape index (κ2) is 6.01. The Morgan fingerprint density at radius 2 is 1.92 bits per heavy atom. The van der Waals surface area contributed by atoms with Crippen LogP contribution in [0.5, 0.6) is 0 Å². The fraction of sp³-hybridized carbons (Fsp3) is 0.364. The van der Waals surface area contributed by atoms with Crippen LogP contribution in [0.3, 0.4) is 0 Å². The largest absolute Gasteiger partial charge is 0.264 e. The fourth-order valence-electron chi connectivity index (χ4n) is 3.29. The molecule has 0 aliphatic heterocycles. The van der Waals surface area contributed by atoms with Gasteiger partial charge in [-0.05, 0) is 47.4 Å². The van der Waals surface area contributed by atoms with Crippen molar-refractivity contribution >= 4 is 10.8 Å². The number of hydrogen-bond donors (Lipinski definition) is 0. The van der Waals surface area contributed by atoms with E-state index in [9.17, 15) is 0 Å². The van der Waals surface area contributed by atoms with Crippen LogP contribution in [0.25, 0.3) is 22.0 Å². The lowest BCUT2D eigenvalue weighted by Gasteiger charge is -2.18. The van der Waals surface area contributed by atoms with Gasteiger partial charge in [-0.2, -0.15) is 4.57 Å². The molecule has 0 N–H and O–H groups in total. The number of pyridine rings is 2. The summed E-state index contributed by atoms with van der Waals surface area (Å²) in [6.45, 7) is 10.9. The molecule has 2 nitrogen and oxygen atoms in total. The van der Waals surface area contributed by atoms with Crippen LogP contribution in [0, 0.1) is 19.3 Å². The van der Waals surface area contributed by atoms with Gasteiger partial charge in [-0.15, -0.1) is 0 Å². The summed E-state index contributed by atoms with van der Waals surface area (Å²) >= 11 is 0. The maximum absolute atomic E-state index is 8.63. The second-order valence-corrected chi connectivity index (χ2v) is 7.93. The van der Waals surface area contributed by atoms with E-state index < -0.39 is 0 Å². The van der Waals surface area contributed by atoms with Crippen LogP contribution in [0.4, 0.5) is 0 Å². The average Bonchev–Trinajstić information content (AvgIpc) is 2.53. The minimum Gasteiger partial charge on any atom is -0.264 e. The molecule has 2 heterocycles. The zero-order valence-electron chi connectivity index (χ0n) is 16.6. The minimum absolute atomic E-state index is 0.229. The van der Waals surface area contributed by atoms with Gasteiger partial charge in [-0.3, -0.25) is 4.98 Å². The Balaban J connectivity index is 2.33. The molecule has 0 aliphatic rings. The van der Waals surface area contributed by atoms with E-state index in [0.717, 1.165) is 34.1 Å². The molecule has 0 unspecified atom stereocenters. The van der Waals surface area contributed by atoms with Gasteiger partial charge in [0.1, 0.15) is 7.05 Å². The van der Waals surface area contributed by atoms with Crippen LogP contribution in [0.15, 0.2) is 42.7 Å². The SMILES string of the molecule is [2H]c1c(C)[n+](C)c(-c2cnccc2C)c2ccc(CC(C)(C)C)cc12. The molecule has 0 spiro atoms. The van der Waals surface area contributed by atoms with Gasteiger partial charge in [0.05, 0.1) is 12.3 Å². The molecule has 124 valence electrons. The molecule has 0 amide bonds. The molecule has 3 rings (SSSR count). The first-order valence-corrected chi connectivity index (χ1v) is 8.52. The minimum atomic E-state index is 0.229. The highest BCUT2D eigenvalue weighted by atomic mass is 14.9. The number of aromatic nitrogens is 2. The third kappa shape index (κ3) is 3.19. The van der Waals surface area contributed by atoms with E-state index in [2.05, 4.69) is 55.4 Å². The summed E-state index contributed by atoms with van der Waals surface area (Å²) in [6.07, 6.45) is 4.76. The van der Waals surface area contributed by atoms with Crippen molar-refractivity contribution in [1.82, 2.24) is 4.98 Å². The average molecular weight is 320 g/mol. The molecule has 0 saturated heterocycles. The Morgan fingerprint density at radius 1 is 1.17 bits per heavy atom. The first-order chi connectivity index (χ1) is 11.7. The summed E-state index contributed by atoms with van der Waals surface area (Å²) < 4.78 is 10.8. The van der Waals surface area contributed by atoms with E-state index in [1.54, 1.807) is 0 Å². The predicted molar refractivity (Wildman–Crippen MR) is 101 cm³/mol. The highest BCUT2D eigenvalue weighted by Crippen LogP contribution is 2.30. The molecule has 3 aromatic rings. The molecule has 2 aromatic heterocycles. The summed E-state index contributed by atoms with van der Waals surface area (Å²) in [4.78, 5) is 4.33. The number of hydrogen-bond acceptors (Lipinski definition) is 1. The topological polar surface area (TPSA) is 16.8 Å². The Labute approximate surface area is 146 Å². The maximum Gasteiger partial charge on any atom is 0.222 e. The zero-order valence-corrected chi connectivity index (χ0v) is 15.6. The molecule has 0 radical (unpaired) electrons. The summed E-state index contributed by atoms with van der Waals surface area (Å²) in [6, 6.07) is 9.23. The number of aryl methyl sites for hydroxylation is 1. The van der Waals surface area contributed by atoms with Gasteiger partial charge in [0.2, 0.25) is 5.69 Å². The van der Waals surface area contributed by atoms with Crippen LogP contribution in [-0.2, 0) is 13.5 Å². The summed E-state index contributed by atoms with van der Waals surface area (Å²) in [5.74, 6) is 0. The van der Waals surface area contributed by atoms with Crippen LogP contribution in [0.2, 0.25) is 0 Å². The van der Waals surface area contributed by atoms with Crippen LogP contribution in [0.1, 0.15) is 39.0 Å². The van der Waals surface area contributed by atoms with Crippen LogP contribution in [-0.4, -0.2) is 4.98 Å². The van der Waals surface area contributed by atoms with E-state index in [0.29, 0.717) is 6.04 Å². The van der Waals surface area contributed by atoms with Gasteiger partial charge in [0, 0.05) is 25.4 Å². The molecular weight excluding hydrogens is 292 g/mol. The van der Waals surface area contributed by atoms with Gasteiger partial charge in [0.25, 0.3) is 0 Å². The zero-order chi connectivity index (χ0) is 18.4. The second-order valence-electron chi connectivity index (χ2n) is 7.93. The van der Waals surface area contributed by atoms with Crippen LogP contribution >= 0.6 is 0 Å². The summed E-state index contributed by atoms with van der Waals surface area (Å²) in [5.41, 5.74) is 5.95. The predicted octanol–water partition coefficient (Wildman–Crippen LogP) is 4.93. The van der Waals surface area contributed by atoms with Gasteiger partial charge in [-0.25, -0.2) is 0 Å². The van der Waals surface area contributed by atoms with E-state index in [1.807, 2.05) is 32.4 Å². The van der Waals surface area contributed by atoms with Crippen molar-refractivity contribution in [3.8, 4) is 11.3 Å². The lowest BCUT2D eigenvalue weighted by Crippen LogP contribution is -2.35. The standard InChI is InChI=1S/C22H27N2/c1-15-9-10-23-14-20(15)21-19-8-7-17(13-22(3,4)5)12-18(19)11-16(2)24(21)6/h7-12,14H,13H2,1-6H3/q+1/i11D. The van der Waals surface area contributed by atoms with Gasteiger partial charge in [0.15, 0.2) is 5.69 Å². The van der Waals surface area contributed by atoms with Crippen molar-refractivity contribution < 1.29 is 5.94 Å². The Morgan fingerprint density at radius 3 is 2.58 bits per heavy atom. The van der Waals surface area contributed by atoms with E-state index >= 15 is 0 Å². The monoisotopic (exact) mass is 320 g/mol. The Bertz CT molecular complexity index is 952. The first kappa shape index (κ1) is 15.3. The molecule has 2 heteroatoms. The molecular formula is C22H27N2+. The highest BCUT2D eigenvalue weighted by Gasteiger charge is 2.20. The van der Waals surface area contributed by atoms with E-state index in [-0.39, 0.29) is 5.41 Å². The molecule has 0 bridgehead atoms. The smallest absolute Gasteiger partial charge is 0.222 e. The van der Waals surface area contributed by atoms with E-state index in [1.165, 1.54) is 11.1 Å². The Hall–Kier alpha value is -2.22. The third-order valence-electron chi connectivity index (χ3n) is 4.52. The van der Waals surface area contributed by atoms with Crippen molar-refractivity contribution in [3.63, 3.8) is 0 Å². The number of nitrogens with zero attached hydrogens (tertiary/aromatic N) is 2. The normalized spacial score (nSPS) is 12.5. The molecule has 0 saturated carbocycles. The van der Waals surface area contributed by atoms with Gasteiger partial charge < -0.3 is 0 Å².